The molecule has 2 rings (SSSR count). The maximum atomic E-state index is 14.0. The lowest BCUT2D eigenvalue weighted by Gasteiger charge is -2.21. The monoisotopic (exact) mass is 262 g/mol. The number of benzene rings is 2. The van der Waals surface area contributed by atoms with Crippen LogP contribution in [-0.2, 0) is 6.42 Å². The lowest BCUT2D eigenvalue weighted by Crippen LogP contribution is -2.14. The molecule has 0 bridgehead atoms. The van der Waals surface area contributed by atoms with Crippen molar-refractivity contribution in [2.45, 2.75) is 6.42 Å². The zero-order valence-electron chi connectivity index (χ0n) is 10.7. The van der Waals surface area contributed by atoms with Crippen LogP contribution >= 0.6 is 0 Å². The molecule has 2 nitrogen and oxygen atoms in total. The smallest absolute Gasteiger partial charge is 0.150 e. The number of nitrogens with zero attached hydrogens (tertiary/aromatic N) is 1. The molecule has 0 aliphatic carbocycles. The molecule has 0 amide bonds. The Morgan fingerprint density at radius 2 is 1.63 bits per heavy atom. The topological polar surface area (TPSA) is 29.3 Å². The molecule has 100 valence electrons. The molecule has 0 aromatic heterocycles. The summed E-state index contributed by atoms with van der Waals surface area (Å²) in [5, 5.41) is 0. The molecule has 0 atom stereocenters. The van der Waals surface area contributed by atoms with Gasteiger partial charge >= 0.3 is 0 Å². The standard InChI is InChI=1S/C15H16F2N2/c1-19(12-5-3-2-4-6-12)15-13(16)9-11(7-8-18)10-14(15)17/h2-6,9-10H,7-8,18H2,1H3. The Morgan fingerprint density at radius 1 is 1.05 bits per heavy atom. The molecular weight excluding hydrogens is 246 g/mol. The summed E-state index contributed by atoms with van der Waals surface area (Å²) in [7, 11) is 1.64. The Kier molecular flexibility index (Phi) is 4.12. The van der Waals surface area contributed by atoms with Gasteiger partial charge in [-0.15, -0.1) is 0 Å². The molecule has 2 N–H and O–H groups in total. The van der Waals surface area contributed by atoms with Gasteiger partial charge in [0.15, 0.2) is 0 Å². The van der Waals surface area contributed by atoms with Crippen molar-refractivity contribution in [3.63, 3.8) is 0 Å². The van der Waals surface area contributed by atoms with Crippen molar-refractivity contribution in [1.82, 2.24) is 0 Å². The molecule has 0 saturated heterocycles. The van der Waals surface area contributed by atoms with Crippen LogP contribution in [0.1, 0.15) is 5.56 Å². The minimum absolute atomic E-state index is 0.0491. The van der Waals surface area contributed by atoms with Crippen molar-refractivity contribution >= 4 is 11.4 Å². The zero-order valence-corrected chi connectivity index (χ0v) is 10.7. The number of nitrogens with two attached hydrogens (primary N) is 1. The minimum Gasteiger partial charge on any atom is -0.340 e. The average molecular weight is 262 g/mol. The predicted molar refractivity (Wildman–Crippen MR) is 73.6 cm³/mol. The zero-order chi connectivity index (χ0) is 13.8. The van der Waals surface area contributed by atoms with Gasteiger partial charge < -0.3 is 10.6 Å². The van der Waals surface area contributed by atoms with E-state index in [9.17, 15) is 8.78 Å². The fourth-order valence-electron chi connectivity index (χ4n) is 2.03. The Hall–Kier alpha value is -1.94. The second-order valence-corrected chi connectivity index (χ2v) is 4.34. The molecular formula is C15H16F2N2. The molecule has 0 saturated carbocycles. The van der Waals surface area contributed by atoms with Crippen LogP contribution in [0, 0.1) is 11.6 Å². The average Bonchev–Trinajstić information content (AvgIpc) is 2.39. The van der Waals surface area contributed by atoms with E-state index in [2.05, 4.69) is 0 Å². The number of para-hydroxylation sites is 1. The van der Waals surface area contributed by atoms with E-state index >= 15 is 0 Å². The Balaban J connectivity index is 2.40. The van der Waals surface area contributed by atoms with E-state index in [1.165, 1.54) is 17.0 Å². The Morgan fingerprint density at radius 3 is 2.16 bits per heavy atom. The van der Waals surface area contributed by atoms with Crippen molar-refractivity contribution in [3.8, 4) is 0 Å². The van der Waals surface area contributed by atoms with Gasteiger partial charge in [-0.1, -0.05) is 18.2 Å². The summed E-state index contributed by atoms with van der Waals surface area (Å²) in [5.74, 6) is -1.15. The molecule has 0 aliphatic heterocycles. The Bertz CT molecular complexity index is 532. The normalized spacial score (nSPS) is 10.5. The van der Waals surface area contributed by atoms with Gasteiger partial charge in [0, 0.05) is 12.7 Å². The quantitative estimate of drug-likeness (QED) is 0.916. The second-order valence-electron chi connectivity index (χ2n) is 4.34. The van der Waals surface area contributed by atoms with E-state index in [0.29, 0.717) is 18.5 Å². The summed E-state index contributed by atoms with van der Waals surface area (Å²) in [5.41, 5.74) is 6.65. The molecule has 19 heavy (non-hydrogen) atoms. The first kappa shape index (κ1) is 13.5. The van der Waals surface area contributed by atoms with Gasteiger partial charge in [0.05, 0.1) is 0 Å². The van der Waals surface area contributed by atoms with Crippen LogP contribution in [0.15, 0.2) is 42.5 Å². The van der Waals surface area contributed by atoms with Crippen molar-refractivity contribution < 1.29 is 8.78 Å². The number of rotatable bonds is 4. The molecule has 0 spiro atoms. The largest absolute Gasteiger partial charge is 0.340 e. The van der Waals surface area contributed by atoms with Crippen LogP contribution < -0.4 is 10.6 Å². The highest BCUT2D eigenvalue weighted by molar-refractivity contribution is 5.63. The third kappa shape index (κ3) is 2.90. The summed E-state index contributed by atoms with van der Waals surface area (Å²) in [6, 6.07) is 11.8. The summed E-state index contributed by atoms with van der Waals surface area (Å²) in [6.45, 7) is 0.368. The van der Waals surface area contributed by atoms with E-state index in [1.54, 1.807) is 19.2 Å². The van der Waals surface area contributed by atoms with Crippen LogP contribution in [0.2, 0.25) is 0 Å². The van der Waals surface area contributed by atoms with Gasteiger partial charge in [0.2, 0.25) is 0 Å². The van der Waals surface area contributed by atoms with Crippen LogP contribution in [0.3, 0.4) is 0 Å². The van der Waals surface area contributed by atoms with Gasteiger partial charge in [-0.05, 0) is 42.8 Å². The van der Waals surface area contributed by atoms with E-state index in [4.69, 9.17) is 5.73 Å². The van der Waals surface area contributed by atoms with E-state index in [-0.39, 0.29) is 5.69 Å². The third-order valence-corrected chi connectivity index (χ3v) is 2.99. The van der Waals surface area contributed by atoms with Gasteiger partial charge in [0.1, 0.15) is 17.3 Å². The Labute approximate surface area is 111 Å². The van der Waals surface area contributed by atoms with Crippen LogP contribution in [-0.4, -0.2) is 13.6 Å². The highest BCUT2D eigenvalue weighted by Crippen LogP contribution is 2.29. The van der Waals surface area contributed by atoms with Crippen molar-refractivity contribution in [2.24, 2.45) is 5.73 Å². The van der Waals surface area contributed by atoms with E-state index in [1.807, 2.05) is 18.2 Å². The first-order valence-electron chi connectivity index (χ1n) is 6.10. The molecule has 0 fully saturated rings. The summed E-state index contributed by atoms with van der Waals surface area (Å²) < 4.78 is 28.1. The highest BCUT2D eigenvalue weighted by Gasteiger charge is 2.16. The molecule has 0 unspecified atom stereocenters. The highest BCUT2D eigenvalue weighted by atomic mass is 19.1. The van der Waals surface area contributed by atoms with E-state index < -0.39 is 11.6 Å². The van der Waals surface area contributed by atoms with Gasteiger partial charge in [0.25, 0.3) is 0 Å². The van der Waals surface area contributed by atoms with Crippen molar-refractivity contribution in [3.05, 3.63) is 59.7 Å². The molecule has 0 radical (unpaired) electrons. The predicted octanol–water partition coefficient (Wildman–Crippen LogP) is 3.23. The maximum Gasteiger partial charge on any atom is 0.150 e. The SMILES string of the molecule is CN(c1ccccc1)c1c(F)cc(CCN)cc1F. The van der Waals surface area contributed by atoms with Crippen LogP contribution in [0.25, 0.3) is 0 Å². The lowest BCUT2D eigenvalue weighted by molar-refractivity contribution is 0.580. The number of halogens is 2. The first-order valence-corrected chi connectivity index (χ1v) is 6.10. The van der Waals surface area contributed by atoms with Crippen molar-refractivity contribution in [1.29, 1.82) is 0 Å². The molecule has 2 aromatic carbocycles. The van der Waals surface area contributed by atoms with Crippen LogP contribution in [0.5, 0.6) is 0 Å². The molecule has 4 heteroatoms. The fraction of sp³-hybridized carbons (Fsp3) is 0.200. The molecule has 2 aromatic rings. The third-order valence-electron chi connectivity index (χ3n) is 2.99. The van der Waals surface area contributed by atoms with Crippen LogP contribution in [0.4, 0.5) is 20.2 Å². The second kappa shape index (κ2) is 5.80. The maximum absolute atomic E-state index is 14.0. The van der Waals surface area contributed by atoms with Gasteiger partial charge in [-0.25, -0.2) is 8.78 Å². The van der Waals surface area contributed by atoms with Gasteiger partial charge in [-0.3, -0.25) is 0 Å². The number of anilines is 2. The summed E-state index contributed by atoms with van der Waals surface area (Å²) in [6.07, 6.45) is 0.461. The molecule has 0 heterocycles. The summed E-state index contributed by atoms with van der Waals surface area (Å²) >= 11 is 0. The fourth-order valence-corrected chi connectivity index (χ4v) is 2.03. The minimum atomic E-state index is -0.574. The molecule has 0 aliphatic rings. The van der Waals surface area contributed by atoms with Gasteiger partial charge in [-0.2, -0.15) is 0 Å². The van der Waals surface area contributed by atoms with Crippen molar-refractivity contribution in [2.75, 3.05) is 18.5 Å². The lowest BCUT2D eigenvalue weighted by atomic mass is 10.1. The number of hydrogen-bond acceptors (Lipinski definition) is 2. The first-order chi connectivity index (χ1) is 9.13. The number of hydrogen-bond donors (Lipinski definition) is 1. The summed E-state index contributed by atoms with van der Waals surface area (Å²) in [4.78, 5) is 1.50. The van der Waals surface area contributed by atoms with E-state index in [0.717, 1.165) is 5.69 Å².